The number of nitrogens with one attached hydrogen (secondary N) is 1. The molecule has 0 spiro atoms. The first-order valence-electron chi connectivity index (χ1n) is 5.88. The Morgan fingerprint density at radius 3 is 2.28 bits per heavy atom. The average Bonchev–Trinajstić information content (AvgIpc) is 2.40. The van der Waals surface area contributed by atoms with Gasteiger partial charge in [0.1, 0.15) is 0 Å². The number of nitrogens with zero attached hydrogens (tertiary/aromatic N) is 2. The van der Waals surface area contributed by atoms with Gasteiger partial charge in [0.2, 0.25) is 5.95 Å². The minimum absolute atomic E-state index is 0.166. The van der Waals surface area contributed by atoms with Crippen molar-refractivity contribution < 1.29 is 4.74 Å². The molecule has 0 radical (unpaired) electrons. The topological polar surface area (TPSA) is 47.0 Å². The van der Waals surface area contributed by atoms with E-state index in [1.165, 1.54) is 11.1 Å². The molecule has 0 aliphatic carbocycles. The van der Waals surface area contributed by atoms with Crippen LogP contribution in [0.3, 0.4) is 0 Å². The molecule has 2 rings (SSSR count). The summed E-state index contributed by atoms with van der Waals surface area (Å²) in [6.45, 7) is 4.16. The number of aryl methyl sites for hydroxylation is 1. The van der Waals surface area contributed by atoms with Crippen molar-refractivity contribution in [2.24, 2.45) is 0 Å². The van der Waals surface area contributed by atoms with Gasteiger partial charge in [0.15, 0.2) is 5.75 Å². The van der Waals surface area contributed by atoms with Crippen LogP contribution in [-0.2, 0) is 0 Å². The van der Waals surface area contributed by atoms with E-state index in [4.69, 9.17) is 4.74 Å². The molecule has 0 saturated heterocycles. The van der Waals surface area contributed by atoms with Crippen LogP contribution < -0.4 is 10.1 Å². The molecule has 0 amide bonds. The number of rotatable bonds is 4. The van der Waals surface area contributed by atoms with Crippen LogP contribution in [-0.4, -0.2) is 17.1 Å². The van der Waals surface area contributed by atoms with Crippen molar-refractivity contribution in [3.05, 3.63) is 47.8 Å². The van der Waals surface area contributed by atoms with Gasteiger partial charge in [0, 0.05) is 0 Å². The molecular formula is C14H17N3O. The Kier molecular flexibility index (Phi) is 3.77. The summed E-state index contributed by atoms with van der Waals surface area (Å²) in [4.78, 5) is 8.37. The summed E-state index contributed by atoms with van der Waals surface area (Å²) in [5.74, 6) is 1.26. The van der Waals surface area contributed by atoms with E-state index in [0.29, 0.717) is 11.7 Å². The highest BCUT2D eigenvalue weighted by Crippen LogP contribution is 2.17. The van der Waals surface area contributed by atoms with Crippen molar-refractivity contribution in [1.82, 2.24) is 9.97 Å². The molecule has 18 heavy (non-hydrogen) atoms. The Bertz CT molecular complexity index is 493. The summed E-state index contributed by atoms with van der Waals surface area (Å²) >= 11 is 0. The smallest absolute Gasteiger partial charge is 0.223 e. The maximum Gasteiger partial charge on any atom is 0.223 e. The third kappa shape index (κ3) is 2.97. The first kappa shape index (κ1) is 12.4. The Labute approximate surface area is 107 Å². The minimum Gasteiger partial charge on any atom is -0.494 e. The summed E-state index contributed by atoms with van der Waals surface area (Å²) < 4.78 is 5.02. The zero-order valence-electron chi connectivity index (χ0n) is 10.8. The molecule has 0 aliphatic heterocycles. The molecule has 94 valence electrons. The Hall–Kier alpha value is -2.10. The number of hydrogen-bond acceptors (Lipinski definition) is 4. The average molecular weight is 243 g/mol. The van der Waals surface area contributed by atoms with E-state index < -0.39 is 0 Å². The molecule has 1 atom stereocenters. The second-order valence-corrected chi connectivity index (χ2v) is 4.22. The standard InChI is InChI=1S/C14H17N3O/c1-10-4-6-12(7-5-10)11(2)17-14-15-8-13(18-3)9-16-14/h4-9,11H,1-3H3,(H,15,16,17). The molecule has 2 aromatic rings. The molecule has 1 aromatic heterocycles. The van der Waals surface area contributed by atoms with Crippen molar-refractivity contribution in [3.63, 3.8) is 0 Å². The van der Waals surface area contributed by atoms with E-state index in [9.17, 15) is 0 Å². The fourth-order valence-corrected chi connectivity index (χ4v) is 1.63. The van der Waals surface area contributed by atoms with E-state index in [0.717, 1.165) is 0 Å². The molecule has 0 bridgehead atoms. The van der Waals surface area contributed by atoms with Gasteiger partial charge in [-0.1, -0.05) is 29.8 Å². The van der Waals surface area contributed by atoms with Crippen LogP contribution in [0.5, 0.6) is 5.75 Å². The van der Waals surface area contributed by atoms with Crippen molar-refractivity contribution in [2.75, 3.05) is 12.4 Å². The lowest BCUT2D eigenvalue weighted by molar-refractivity contribution is 0.411. The van der Waals surface area contributed by atoms with Gasteiger partial charge in [-0.2, -0.15) is 0 Å². The molecule has 0 fully saturated rings. The number of aromatic nitrogens is 2. The molecule has 1 aromatic carbocycles. The first-order valence-corrected chi connectivity index (χ1v) is 5.88. The van der Waals surface area contributed by atoms with Gasteiger partial charge in [-0.15, -0.1) is 0 Å². The maximum atomic E-state index is 5.02. The number of hydrogen-bond donors (Lipinski definition) is 1. The molecule has 0 saturated carbocycles. The van der Waals surface area contributed by atoms with E-state index in [-0.39, 0.29) is 6.04 Å². The van der Waals surface area contributed by atoms with E-state index >= 15 is 0 Å². The van der Waals surface area contributed by atoms with Crippen molar-refractivity contribution in [1.29, 1.82) is 0 Å². The van der Waals surface area contributed by atoms with Gasteiger partial charge in [-0.25, -0.2) is 9.97 Å². The molecular weight excluding hydrogens is 226 g/mol. The number of methoxy groups -OCH3 is 1. The first-order chi connectivity index (χ1) is 8.69. The highest BCUT2D eigenvalue weighted by molar-refractivity contribution is 5.33. The van der Waals surface area contributed by atoms with Gasteiger partial charge >= 0.3 is 0 Å². The van der Waals surface area contributed by atoms with Gasteiger partial charge in [-0.3, -0.25) is 0 Å². The largest absolute Gasteiger partial charge is 0.494 e. The molecule has 4 nitrogen and oxygen atoms in total. The lowest BCUT2D eigenvalue weighted by Crippen LogP contribution is -2.09. The third-order valence-corrected chi connectivity index (χ3v) is 2.79. The summed E-state index contributed by atoms with van der Waals surface area (Å²) in [6, 6.07) is 8.58. The van der Waals surface area contributed by atoms with Crippen molar-refractivity contribution >= 4 is 5.95 Å². The van der Waals surface area contributed by atoms with Crippen LogP contribution in [0, 0.1) is 6.92 Å². The lowest BCUT2D eigenvalue weighted by atomic mass is 10.1. The van der Waals surface area contributed by atoms with E-state index in [1.54, 1.807) is 19.5 Å². The van der Waals surface area contributed by atoms with E-state index in [2.05, 4.69) is 53.4 Å². The number of anilines is 1. The second-order valence-electron chi connectivity index (χ2n) is 4.22. The summed E-state index contributed by atoms with van der Waals surface area (Å²) in [5.41, 5.74) is 2.46. The van der Waals surface area contributed by atoms with Crippen LogP contribution in [0.2, 0.25) is 0 Å². The predicted octanol–water partition coefficient (Wildman–Crippen LogP) is 2.97. The van der Waals surface area contributed by atoms with Crippen LogP contribution in [0.1, 0.15) is 24.1 Å². The normalized spacial score (nSPS) is 11.9. The molecule has 1 heterocycles. The fourth-order valence-electron chi connectivity index (χ4n) is 1.63. The fraction of sp³-hybridized carbons (Fsp3) is 0.286. The lowest BCUT2D eigenvalue weighted by Gasteiger charge is -2.14. The van der Waals surface area contributed by atoms with Gasteiger partial charge < -0.3 is 10.1 Å². The third-order valence-electron chi connectivity index (χ3n) is 2.79. The van der Waals surface area contributed by atoms with Crippen LogP contribution in [0.25, 0.3) is 0 Å². The monoisotopic (exact) mass is 243 g/mol. The van der Waals surface area contributed by atoms with Gasteiger partial charge in [0.25, 0.3) is 0 Å². The number of ether oxygens (including phenoxy) is 1. The molecule has 1 N–H and O–H groups in total. The highest BCUT2D eigenvalue weighted by atomic mass is 16.5. The van der Waals surface area contributed by atoms with Crippen LogP contribution in [0.4, 0.5) is 5.95 Å². The highest BCUT2D eigenvalue weighted by Gasteiger charge is 2.06. The Morgan fingerprint density at radius 1 is 1.11 bits per heavy atom. The summed E-state index contributed by atoms with van der Waals surface area (Å²) in [5, 5.41) is 3.25. The molecule has 0 aliphatic rings. The van der Waals surface area contributed by atoms with Gasteiger partial charge in [0.05, 0.1) is 25.5 Å². The predicted molar refractivity (Wildman–Crippen MR) is 71.8 cm³/mol. The van der Waals surface area contributed by atoms with Crippen LogP contribution >= 0.6 is 0 Å². The van der Waals surface area contributed by atoms with E-state index in [1.807, 2.05) is 0 Å². The number of benzene rings is 1. The Morgan fingerprint density at radius 2 is 1.72 bits per heavy atom. The molecule has 1 unspecified atom stereocenters. The quantitative estimate of drug-likeness (QED) is 0.896. The SMILES string of the molecule is COc1cnc(NC(C)c2ccc(C)cc2)nc1. The minimum atomic E-state index is 0.166. The van der Waals surface area contributed by atoms with Gasteiger partial charge in [-0.05, 0) is 19.4 Å². The summed E-state index contributed by atoms with van der Waals surface area (Å²) in [7, 11) is 1.60. The maximum absolute atomic E-state index is 5.02. The Balaban J connectivity index is 2.05. The molecule has 4 heteroatoms. The summed E-state index contributed by atoms with van der Waals surface area (Å²) in [6.07, 6.45) is 3.30. The second kappa shape index (κ2) is 5.49. The van der Waals surface area contributed by atoms with Crippen molar-refractivity contribution in [2.45, 2.75) is 19.9 Å². The zero-order chi connectivity index (χ0) is 13.0. The van der Waals surface area contributed by atoms with Crippen LogP contribution in [0.15, 0.2) is 36.7 Å². The van der Waals surface area contributed by atoms with Crippen molar-refractivity contribution in [3.8, 4) is 5.75 Å². The zero-order valence-corrected chi connectivity index (χ0v) is 10.8.